The number of sulfone groups is 1. The Kier molecular flexibility index (Phi) is 16.1. The highest BCUT2D eigenvalue weighted by atomic mass is 35.5. The molecule has 19 heteroatoms. The van der Waals surface area contributed by atoms with Crippen LogP contribution in [-0.2, 0) is 21.4 Å². The summed E-state index contributed by atoms with van der Waals surface area (Å²) in [6.07, 6.45) is 4.18. The van der Waals surface area contributed by atoms with Gasteiger partial charge in [-0.15, -0.1) is 0 Å². The van der Waals surface area contributed by atoms with Gasteiger partial charge in [0.05, 0.1) is 33.0 Å². The summed E-state index contributed by atoms with van der Waals surface area (Å²) in [5.41, 5.74) is 8.50. The highest BCUT2D eigenvalue weighted by Gasteiger charge is 2.22. The van der Waals surface area contributed by atoms with E-state index in [4.69, 9.17) is 49.8 Å². The molecule has 2 aliphatic rings. The van der Waals surface area contributed by atoms with E-state index in [-0.39, 0.29) is 33.0 Å². The number of hydrogen-bond acceptors (Lipinski definition) is 13. The summed E-state index contributed by atoms with van der Waals surface area (Å²) in [6.45, 7) is 10.6. The second-order valence-electron chi connectivity index (χ2n) is 11.5. The summed E-state index contributed by atoms with van der Waals surface area (Å²) in [4.78, 5) is 45.9. The summed E-state index contributed by atoms with van der Waals surface area (Å²) in [7, 11) is -3.44. The molecule has 57 heavy (non-hydrogen) atoms. The molecule has 0 unspecified atom stereocenters. The van der Waals surface area contributed by atoms with Crippen LogP contribution in [-0.4, -0.2) is 82.8 Å². The minimum Gasteiger partial charge on any atom is -0.486 e. The number of nitrogens with one attached hydrogen (secondary N) is 1. The zero-order valence-electron chi connectivity index (χ0n) is 30.2. The zero-order chi connectivity index (χ0) is 42.4. The number of carbonyl (C=O) groups is 4. The van der Waals surface area contributed by atoms with Gasteiger partial charge in [0, 0.05) is 36.1 Å². The number of hydrogen-bond donors (Lipinski definition) is 4. The van der Waals surface area contributed by atoms with Crippen LogP contribution in [0.25, 0.3) is 12.2 Å². The summed E-state index contributed by atoms with van der Waals surface area (Å²) >= 11 is 4.56. The molecule has 0 atom stereocenters. The van der Waals surface area contributed by atoms with Crippen LogP contribution >= 0.6 is 11.6 Å². The average molecular weight is 843 g/mol. The van der Waals surface area contributed by atoms with E-state index in [0.717, 1.165) is 17.4 Å². The lowest BCUT2D eigenvalue weighted by Crippen LogP contribution is -2.19. The molecule has 4 aromatic carbocycles. The van der Waals surface area contributed by atoms with Crippen molar-refractivity contribution < 1.29 is 65.2 Å². The molecule has 6 rings (SSSR count). The number of fused-ring (bicyclic) bond motifs is 2. The minimum atomic E-state index is -3.44. The quantitative estimate of drug-likeness (QED) is 0.126. The minimum absolute atomic E-state index is 0.0171. The Morgan fingerprint density at radius 3 is 1.63 bits per heavy atom. The van der Waals surface area contributed by atoms with Crippen molar-refractivity contribution in [1.29, 1.82) is 0 Å². The lowest BCUT2D eigenvalue weighted by Gasteiger charge is -2.20. The van der Waals surface area contributed by atoms with E-state index in [1.165, 1.54) is 42.5 Å². The Labute approximate surface area is 335 Å². The van der Waals surface area contributed by atoms with Gasteiger partial charge in [-0.2, -0.15) is 8.42 Å². The van der Waals surface area contributed by atoms with Crippen molar-refractivity contribution in [1.82, 2.24) is 0 Å². The first kappa shape index (κ1) is 44.9. The van der Waals surface area contributed by atoms with Crippen LogP contribution in [0, 0.1) is 6.92 Å². The first-order chi connectivity index (χ1) is 26.9. The molecule has 0 saturated carbocycles. The Morgan fingerprint density at radius 2 is 1.18 bits per heavy atom. The van der Waals surface area contributed by atoms with Gasteiger partial charge in [-0.05, 0) is 53.4 Å². The number of carboxylic acid groups (broad SMARTS) is 2. The number of rotatable bonds is 8. The molecule has 300 valence electrons. The van der Waals surface area contributed by atoms with Gasteiger partial charge in [-0.1, -0.05) is 43.5 Å². The second-order valence-corrected chi connectivity index (χ2v) is 14.0. The van der Waals surface area contributed by atoms with Crippen LogP contribution in [0.15, 0.2) is 78.7 Å². The number of carbonyl (C=O) groups excluding carboxylic acids is 2. The first-order valence-electron chi connectivity index (χ1n) is 16.2. The Hall–Kier alpha value is -6.50. The van der Waals surface area contributed by atoms with Gasteiger partial charge >= 0.3 is 23.5 Å². The molecule has 5 N–H and O–H groups in total. The molecule has 0 saturated heterocycles. The third-order valence-corrected chi connectivity index (χ3v) is 9.06. The lowest BCUT2D eigenvalue weighted by atomic mass is 10.0. The first-order valence-corrected chi connectivity index (χ1v) is 19.1. The van der Waals surface area contributed by atoms with E-state index in [1.54, 1.807) is 18.2 Å². The number of amides is 1. The lowest BCUT2D eigenvalue weighted by molar-refractivity contribution is 0.0686. The molecule has 2 heterocycles. The molecule has 0 bridgehead atoms. The summed E-state index contributed by atoms with van der Waals surface area (Å²) in [5, 5.41) is 20.1. The Morgan fingerprint density at radius 1 is 0.737 bits per heavy atom. The van der Waals surface area contributed by atoms with Crippen molar-refractivity contribution in [3.8, 4) is 23.0 Å². The summed E-state index contributed by atoms with van der Waals surface area (Å²) in [6, 6.07) is 15.4. The van der Waals surface area contributed by atoms with Crippen LogP contribution in [0.4, 0.5) is 11.4 Å². The highest BCUT2D eigenvalue weighted by Crippen LogP contribution is 2.36. The van der Waals surface area contributed by atoms with Crippen molar-refractivity contribution in [3.05, 3.63) is 113 Å². The molecule has 0 fully saturated rings. The SMILES string of the molecule is C=Cc1ccc(C)c(C(=O)Nc2cc3c(cc2C(=O)O)OCCO3)c1.C=Cc1ccc(S(C)(=O)=O)c(C(=O)Cl)c1.Nc1cc2c(cc1C(=O)O)OCCO2.O=S=O. The number of aryl methyl sites for hydroxylation is 1. The van der Waals surface area contributed by atoms with Crippen molar-refractivity contribution >= 4 is 79.6 Å². The van der Waals surface area contributed by atoms with Crippen LogP contribution in [0.3, 0.4) is 0 Å². The van der Waals surface area contributed by atoms with Gasteiger partial charge in [0.2, 0.25) is 0 Å². The number of anilines is 2. The van der Waals surface area contributed by atoms with E-state index in [9.17, 15) is 32.7 Å². The molecule has 2 aliphatic heterocycles. The van der Waals surface area contributed by atoms with Gasteiger partial charge in [0.15, 0.2) is 32.8 Å². The maximum absolute atomic E-state index is 12.6. The van der Waals surface area contributed by atoms with Crippen LogP contribution in [0.5, 0.6) is 23.0 Å². The van der Waals surface area contributed by atoms with Gasteiger partial charge in [-0.25, -0.2) is 18.0 Å². The summed E-state index contributed by atoms with van der Waals surface area (Å²) < 4.78 is 60.6. The van der Waals surface area contributed by atoms with Gasteiger partial charge in [0.1, 0.15) is 26.4 Å². The zero-order valence-corrected chi connectivity index (χ0v) is 32.6. The van der Waals surface area contributed by atoms with Gasteiger partial charge < -0.3 is 40.2 Å². The predicted octanol–water partition coefficient (Wildman–Crippen LogP) is 5.54. The van der Waals surface area contributed by atoms with Crippen molar-refractivity contribution in [2.24, 2.45) is 0 Å². The number of halogens is 1. The van der Waals surface area contributed by atoms with Crippen LogP contribution < -0.4 is 30.0 Å². The van der Waals surface area contributed by atoms with Crippen LogP contribution in [0.1, 0.15) is 58.1 Å². The largest absolute Gasteiger partial charge is 0.486 e. The number of ether oxygens (including phenoxy) is 4. The monoisotopic (exact) mass is 842 g/mol. The second kappa shape index (κ2) is 20.4. The number of aromatic carboxylic acids is 2. The molecule has 0 aliphatic carbocycles. The van der Waals surface area contributed by atoms with E-state index in [1.807, 2.05) is 19.1 Å². The van der Waals surface area contributed by atoms with Crippen molar-refractivity contribution in [2.45, 2.75) is 11.8 Å². The molecular weight excluding hydrogens is 808 g/mol. The van der Waals surface area contributed by atoms with Gasteiger partial charge in [0.25, 0.3) is 11.1 Å². The number of nitrogens with two attached hydrogens (primary N) is 1. The predicted molar refractivity (Wildman–Crippen MR) is 211 cm³/mol. The molecule has 1 amide bonds. The smallest absolute Gasteiger partial charge is 0.337 e. The normalized spacial score (nSPS) is 11.9. The number of benzene rings is 4. The fraction of sp³-hybridized carbons (Fsp3) is 0.158. The standard InChI is InChI=1S/C19H17NO5.C10H9ClO3S.C9H9NO4.O2S/c1-3-12-5-4-11(2)13(8-12)18(21)20-15-10-17-16(24-6-7-25-17)9-14(15)19(22)23;1-3-7-4-5-9(15(2,13)14)8(6-7)10(11)12;10-6-4-8-7(13-1-2-14-8)3-5(6)9(11)12;1-3-2/h3-5,8-10H,1,6-7H2,2H3,(H,20,21)(H,22,23);3-6H,1H2,2H3;3-4H,1-2,10H2,(H,11,12);. The van der Waals surface area contributed by atoms with E-state index < -0.39 is 44.5 Å². The summed E-state index contributed by atoms with van der Waals surface area (Å²) in [5.74, 6) is -0.945. The molecule has 0 aromatic heterocycles. The number of nitrogen functional groups attached to an aromatic ring is 1. The molecular formula is C38H35ClN2O14S2. The third kappa shape index (κ3) is 12.2. The van der Waals surface area contributed by atoms with Crippen molar-refractivity contribution in [2.75, 3.05) is 43.7 Å². The Balaban J connectivity index is 0.000000234. The fourth-order valence-electron chi connectivity index (χ4n) is 5.01. The fourth-order valence-corrected chi connectivity index (χ4v) is 6.09. The topological polar surface area (TPSA) is 252 Å². The van der Waals surface area contributed by atoms with E-state index >= 15 is 0 Å². The maximum atomic E-state index is 12.6. The third-order valence-electron chi connectivity index (χ3n) is 7.70. The molecule has 16 nitrogen and oxygen atoms in total. The van der Waals surface area contributed by atoms with Crippen molar-refractivity contribution in [3.63, 3.8) is 0 Å². The number of carboxylic acids is 2. The highest BCUT2D eigenvalue weighted by molar-refractivity contribution is 7.90. The van der Waals surface area contributed by atoms with E-state index in [0.29, 0.717) is 60.6 Å². The maximum Gasteiger partial charge on any atom is 0.337 e. The Bertz CT molecular complexity index is 2380. The molecule has 4 aromatic rings. The molecule has 0 radical (unpaired) electrons. The average Bonchev–Trinajstić information content (AvgIpc) is 3.17. The van der Waals surface area contributed by atoms with Crippen LogP contribution in [0.2, 0.25) is 0 Å². The molecule has 0 spiro atoms. The van der Waals surface area contributed by atoms with Gasteiger partial charge in [-0.3, -0.25) is 9.59 Å². The van der Waals surface area contributed by atoms with E-state index in [2.05, 4.69) is 18.5 Å².